The van der Waals surface area contributed by atoms with Crippen LogP contribution in [0.2, 0.25) is 0 Å². The van der Waals surface area contributed by atoms with E-state index in [2.05, 4.69) is 0 Å². The van der Waals surface area contributed by atoms with Gasteiger partial charge in [-0.1, -0.05) is 0 Å². The molecule has 0 saturated carbocycles. The van der Waals surface area contributed by atoms with Gasteiger partial charge in [0.2, 0.25) is 5.91 Å². The SMILES string of the molecule is O=C1CCCN1CC1COCCO1. The molecule has 2 aliphatic heterocycles. The Hall–Kier alpha value is -0.610. The third-order valence-electron chi connectivity index (χ3n) is 2.48. The van der Waals surface area contributed by atoms with Crippen LogP contribution in [0.4, 0.5) is 0 Å². The molecule has 0 aromatic carbocycles. The number of hydrogen-bond donors (Lipinski definition) is 0. The number of ether oxygens (including phenoxy) is 2. The quantitative estimate of drug-likeness (QED) is 0.609. The second-order valence-corrected chi connectivity index (χ2v) is 3.51. The van der Waals surface area contributed by atoms with E-state index in [-0.39, 0.29) is 12.0 Å². The van der Waals surface area contributed by atoms with Crippen molar-refractivity contribution in [3.8, 4) is 0 Å². The molecule has 4 heteroatoms. The minimum Gasteiger partial charge on any atom is -0.376 e. The minimum atomic E-state index is 0.0933. The molecule has 74 valence electrons. The number of amides is 1. The van der Waals surface area contributed by atoms with Crippen molar-refractivity contribution in [3.05, 3.63) is 0 Å². The van der Waals surface area contributed by atoms with Crippen LogP contribution >= 0.6 is 0 Å². The van der Waals surface area contributed by atoms with Gasteiger partial charge in [0.25, 0.3) is 0 Å². The summed E-state index contributed by atoms with van der Waals surface area (Å²) in [7, 11) is 0. The lowest BCUT2D eigenvalue weighted by molar-refractivity contribution is -0.134. The van der Waals surface area contributed by atoms with E-state index in [1.807, 2.05) is 4.90 Å². The normalized spacial score (nSPS) is 29.7. The summed E-state index contributed by atoms with van der Waals surface area (Å²) >= 11 is 0. The van der Waals surface area contributed by atoms with Crippen molar-refractivity contribution in [2.75, 3.05) is 32.9 Å². The summed E-state index contributed by atoms with van der Waals surface area (Å²) in [6, 6.07) is 0. The number of carbonyl (C=O) groups excluding carboxylic acids is 1. The lowest BCUT2D eigenvalue weighted by Crippen LogP contribution is -2.40. The monoisotopic (exact) mass is 185 g/mol. The third-order valence-corrected chi connectivity index (χ3v) is 2.48. The Morgan fingerprint density at radius 1 is 1.46 bits per heavy atom. The first-order valence-electron chi connectivity index (χ1n) is 4.83. The van der Waals surface area contributed by atoms with Crippen molar-refractivity contribution in [2.45, 2.75) is 18.9 Å². The summed E-state index contributed by atoms with van der Waals surface area (Å²) in [5.41, 5.74) is 0. The molecule has 2 rings (SSSR count). The molecule has 1 amide bonds. The zero-order valence-corrected chi connectivity index (χ0v) is 7.70. The molecule has 4 nitrogen and oxygen atoms in total. The van der Waals surface area contributed by atoms with Gasteiger partial charge in [0, 0.05) is 19.5 Å². The molecule has 0 aliphatic carbocycles. The van der Waals surface area contributed by atoms with Gasteiger partial charge in [-0.05, 0) is 6.42 Å². The Balaban J connectivity index is 1.79. The van der Waals surface area contributed by atoms with Crippen molar-refractivity contribution >= 4 is 5.91 Å². The van der Waals surface area contributed by atoms with Crippen LogP contribution in [0.5, 0.6) is 0 Å². The number of carbonyl (C=O) groups is 1. The molecule has 0 radical (unpaired) electrons. The Morgan fingerprint density at radius 2 is 2.38 bits per heavy atom. The molecular weight excluding hydrogens is 170 g/mol. The lowest BCUT2D eigenvalue weighted by atomic mass is 10.3. The summed E-state index contributed by atoms with van der Waals surface area (Å²) in [5.74, 6) is 0.258. The van der Waals surface area contributed by atoms with Gasteiger partial charge in [-0.25, -0.2) is 0 Å². The van der Waals surface area contributed by atoms with Gasteiger partial charge in [-0.2, -0.15) is 0 Å². The van der Waals surface area contributed by atoms with Crippen LogP contribution in [-0.2, 0) is 14.3 Å². The van der Waals surface area contributed by atoms with Crippen LogP contribution in [0.25, 0.3) is 0 Å². The number of likely N-dealkylation sites (tertiary alicyclic amines) is 1. The zero-order valence-electron chi connectivity index (χ0n) is 7.70. The maximum Gasteiger partial charge on any atom is 0.222 e. The maximum atomic E-state index is 11.3. The molecule has 1 atom stereocenters. The number of hydrogen-bond acceptors (Lipinski definition) is 3. The molecule has 0 N–H and O–H groups in total. The average molecular weight is 185 g/mol. The highest BCUT2D eigenvalue weighted by Gasteiger charge is 2.24. The Morgan fingerprint density at radius 3 is 3.00 bits per heavy atom. The molecule has 0 aromatic rings. The van der Waals surface area contributed by atoms with Gasteiger partial charge in [0.1, 0.15) is 0 Å². The van der Waals surface area contributed by atoms with Gasteiger partial charge in [0.15, 0.2) is 0 Å². The van der Waals surface area contributed by atoms with E-state index in [0.717, 1.165) is 13.0 Å². The van der Waals surface area contributed by atoms with Gasteiger partial charge >= 0.3 is 0 Å². The molecule has 0 bridgehead atoms. The fourth-order valence-electron chi connectivity index (χ4n) is 1.78. The molecule has 2 saturated heterocycles. The van der Waals surface area contributed by atoms with Crippen LogP contribution in [0.15, 0.2) is 0 Å². The minimum absolute atomic E-state index is 0.0933. The van der Waals surface area contributed by atoms with E-state index in [1.54, 1.807) is 0 Å². The highest BCUT2D eigenvalue weighted by molar-refractivity contribution is 5.78. The first kappa shape index (κ1) is 8.97. The zero-order chi connectivity index (χ0) is 9.10. The molecule has 1 unspecified atom stereocenters. The third kappa shape index (κ3) is 2.19. The number of nitrogens with zero attached hydrogens (tertiary/aromatic N) is 1. The standard InChI is InChI=1S/C9H15NO3/c11-9-2-1-3-10(9)6-8-7-12-4-5-13-8/h8H,1-7H2. The van der Waals surface area contributed by atoms with E-state index in [0.29, 0.717) is 32.8 Å². The van der Waals surface area contributed by atoms with E-state index in [4.69, 9.17) is 9.47 Å². The first-order valence-corrected chi connectivity index (χ1v) is 4.83. The van der Waals surface area contributed by atoms with E-state index in [9.17, 15) is 4.79 Å². The van der Waals surface area contributed by atoms with Gasteiger partial charge in [0.05, 0.1) is 25.9 Å². The van der Waals surface area contributed by atoms with Crippen molar-refractivity contribution in [2.24, 2.45) is 0 Å². The lowest BCUT2D eigenvalue weighted by Gasteiger charge is -2.27. The highest BCUT2D eigenvalue weighted by Crippen LogP contribution is 2.12. The Bertz CT molecular complexity index is 189. The highest BCUT2D eigenvalue weighted by atomic mass is 16.6. The van der Waals surface area contributed by atoms with Gasteiger partial charge < -0.3 is 14.4 Å². The fourth-order valence-corrected chi connectivity index (χ4v) is 1.78. The number of rotatable bonds is 2. The molecule has 0 spiro atoms. The summed E-state index contributed by atoms with van der Waals surface area (Å²) in [6.45, 7) is 3.57. The molecular formula is C9H15NO3. The van der Waals surface area contributed by atoms with E-state index < -0.39 is 0 Å². The predicted molar refractivity (Wildman–Crippen MR) is 46.4 cm³/mol. The van der Waals surface area contributed by atoms with Crippen molar-refractivity contribution in [1.29, 1.82) is 0 Å². The van der Waals surface area contributed by atoms with Crippen LogP contribution in [0.3, 0.4) is 0 Å². The summed E-state index contributed by atoms with van der Waals surface area (Å²) in [4.78, 5) is 13.2. The van der Waals surface area contributed by atoms with Gasteiger partial charge in [-0.15, -0.1) is 0 Å². The van der Waals surface area contributed by atoms with E-state index >= 15 is 0 Å². The molecule has 2 heterocycles. The maximum absolute atomic E-state index is 11.3. The van der Waals surface area contributed by atoms with Crippen LogP contribution in [0.1, 0.15) is 12.8 Å². The molecule has 2 aliphatic rings. The molecule has 0 aromatic heterocycles. The largest absolute Gasteiger partial charge is 0.376 e. The smallest absolute Gasteiger partial charge is 0.222 e. The second kappa shape index (κ2) is 4.07. The average Bonchev–Trinajstić information content (AvgIpc) is 2.54. The van der Waals surface area contributed by atoms with Gasteiger partial charge in [-0.3, -0.25) is 4.79 Å². The summed E-state index contributed by atoms with van der Waals surface area (Å²) in [5, 5.41) is 0. The van der Waals surface area contributed by atoms with Crippen molar-refractivity contribution in [1.82, 2.24) is 4.90 Å². The van der Waals surface area contributed by atoms with Crippen molar-refractivity contribution < 1.29 is 14.3 Å². The molecule has 13 heavy (non-hydrogen) atoms. The summed E-state index contributed by atoms with van der Waals surface area (Å²) in [6.07, 6.45) is 1.79. The second-order valence-electron chi connectivity index (χ2n) is 3.51. The van der Waals surface area contributed by atoms with Crippen LogP contribution < -0.4 is 0 Å². The fraction of sp³-hybridized carbons (Fsp3) is 0.889. The van der Waals surface area contributed by atoms with Crippen molar-refractivity contribution in [3.63, 3.8) is 0 Å². The Kier molecular flexibility index (Phi) is 2.80. The first-order chi connectivity index (χ1) is 6.36. The predicted octanol–water partition coefficient (Wildman–Crippen LogP) is 0.0242. The molecule has 2 fully saturated rings. The topological polar surface area (TPSA) is 38.8 Å². The Labute approximate surface area is 77.8 Å². The summed E-state index contributed by atoms with van der Waals surface area (Å²) < 4.78 is 10.7. The van der Waals surface area contributed by atoms with Crippen LogP contribution in [-0.4, -0.2) is 49.8 Å². The van der Waals surface area contributed by atoms with E-state index in [1.165, 1.54) is 0 Å². The van der Waals surface area contributed by atoms with Crippen LogP contribution in [0, 0.1) is 0 Å².